The Hall–Kier alpha value is -2.61. The van der Waals surface area contributed by atoms with Gasteiger partial charge in [-0.1, -0.05) is 12.1 Å². The second-order valence-corrected chi connectivity index (χ2v) is 5.58. The molecular weight excluding hydrogens is 337 g/mol. The van der Waals surface area contributed by atoms with Crippen LogP contribution in [-0.2, 0) is 11.2 Å². The molecule has 132 valence electrons. The molecule has 8 heteroatoms. The number of rotatable bonds is 5. The summed E-state index contributed by atoms with van der Waals surface area (Å²) in [5.74, 6) is -0.979. The Kier molecular flexibility index (Phi) is 4.89. The SMILES string of the molecule is NC(=O)c1cc(-c2ccc(F)cc2)c2c(n1)O[C@@H](COC(F)F)CC2. The molecule has 0 radical (unpaired) electrons. The molecule has 3 rings (SSSR count). The lowest BCUT2D eigenvalue weighted by atomic mass is 9.94. The molecule has 1 atom stereocenters. The number of pyridine rings is 1. The highest BCUT2D eigenvalue weighted by molar-refractivity contribution is 5.93. The number of halogens is 3. The number of carbonyl (C=O) groups is 1. The van der Waals surface area contributed by atoms with Gasteiger partial charge < -0.3 is 15.2 Å². The number of alkyl halides is 2. The van der Waals surface area contributed by atoms with Gasteiger partial charge in [-0.3, -0.25) is 4.79 Å². The van der Waals surface area contributed by atoms with Crippen LogP contribution in [0.1, 0.15) is 22.5 Å². The monoisotopic (exact) mass is 352 g/mol. The van der Waals surface area contributed by atoms with E-state index in [2.05, 4.69) is 9.72 Å². The summed E-state index contributed by atoms with van der Waals surface area (Å²) in [5, 5.41) is 0. The maximum atomic E-state index is 13.2. The molecule has 1 aromatic carbocycles. The lowest BCUT2D eigenvalue weighted by molar-refractivity contribution is -0.146. The summed E-state index contributed by atoms with van der Waals surface area (Å²) in [7, 11) is 0. The largest absolute Gasteiger partial charge is 0.472 e. The van der Waals surface area contributed by atoms with E-state index in [4.69, 9.17) is 10.5 Å². The minimum Gasteiger partial charge on any atom is -0.472 e. The number of nitrogens with two attached hydrogens (primary N) is 1. The Labute approximate surface area is 141 Å². The van der Waals surface area contributed by atoms with Gasteiger partial charge in [-0.2, -0.15) is 8.78 Å². The van der Waals surface area contributed by atoms with Crippen molar-refractivity contribution in [1.82, 2.24) is 4.98 Å². The molecule has 5 nitrogen and oxygen atoms in total. The predicted octanol–water partition coefficient (Wildman–Crippen LogP) is 2.92. The number of hydrogen-bond acceptors (Lipinski definition) is 4. The smallest absolute Gasteiger partial charge is 0.345 e. The Morgan fingerprint density at radius 3 is 2.72 bits per heavy atom. The number of primary amides is 1. The predicted molar refractivity (Wildman–Crippen MR) is 82.8 cm³/mol. The van der Waals surface area contributed by atoms with Crippen molar-refractivity contribution >= 4 is 5.91 Å². The lowest BCUT2D eigenvalue weighted by Gasteiger charge is -2.27. The second kappa shape index (κ2) is 7.10. The fraction of sp³-hybridized carbons (Fsp3) is 0.294. The summed E-state index contributed by atoms with van der Waals surface area (Å²) < 4.78 is 47.4. The number of benzene rings is 1. The molecule has 1 aromatic heterocycles. The van der Waals surface area contributed by atoms with Gasteiger partial charge in [0, 0.05) is 5.56 Å². The average Bonchev–Trinajstić information content (AvgIpc) is 2.59. The third-order valence-electron chi connectivity index (χ3n) is 3.90. The van der Waals surface area contributed by atoms with Gasteiger partial charge in [0.1, 0.15) is 17.6 Å². The van der Waals surface area contributed by atoms with E-state index >= 15 is 0 Å². The molecule has 0 unspecified atom stereocenters. The minimum absolute atomic E-state index is 0.0199. The van der Waals surface area contributed by atoms with E-state index in [9.17, 15) is 18.0 Å². The Balaban J connectivity index is 1.97. The van der Waals surface area contributed by atoms with Gasteiger partial charge in [-0.25, -0.2) is 9.37 Å². The van der Waals surface area contributed by atoms with Crippen molar-refractivity contribution in [2.24, 2.45) is 5.73 Å². The van der Waals surface area contributed by atoms with Gasteiger partial charge in [0.2, 0.25) is 5.88 Å². The van der Waals surface area contributed by atoms with Crippen LogP contribution in [0.3, 0.4) is 0 Å². The minimum atomic E-state index is -2.88. The number of ether oxygens (including phenoxy) is 2. The average molecular weight is 352 g/mol. The third kappa shape index (κ3) is 3.90. The Bertz CT molecular complexity index is 781. The fourth-order valence-electron chi connectivity index (χ4n) is 2.72. The molecule has 2 N–H and O–H groups in total. The van der Waals surface area contributed by atoms with Gasteiger partial charge in [-0.05, 0) is 42.2 Å². The topological polar surface area (TPSA) is 74.4 Å². The van der Waals surface area contributed by atoms with Crippen molar-refractivity contribution in [2.45, 2.75) is 25.6 Å². The van der Waals surface area contributed by atoms with Gasteiger partial charge in [0.05, 0.1) is 6.61 Å². The molecule has 1 aliphatic rings. The van der Waals surface area contributed by atoms with Crippen molar-refractivity contribution in [2.75, 3.05) is 6.61 Å². The first-order chi connectivity index (χ1) is 11.9. The van der Waals surface area contributed by atoms with Gasteiger partial charge >= 0.3 is 6.61 Å². The standard InChI is InChI=1S/C17H15F3N2O3/c18-10-3-1-9(2-4-10)13-7-14(15(21)23)22-16-12(13)6-5-11(25-16)8-24-17(19)20/h1-4,7,11,17H,5-6,8H2,(H2,21,23)/t11-/m1/s1. The van der Waals surface area contributed by atoms with Crippen LogP contribution >= 0.6 is 0 Å². The maximum absolute atomic E-state index is 13.2. The summed E-state index contributed by atoms with van der Waals surface area (Å²) in [6.45, 7) is -3.17. The molecule has 0 bridgehead atoms. The molecule has 1 amide bonds. The number of fused-ring (bicyclic) bond motifs is 1. The second-order valence-electron chi connectivity index (χ2n) is 5.58. The summed E-state index contributed by atoms with van der Waals surface area (Å²) >= 11 is 0. The van der Waals surface area contributed by atoms with Crippen LogP contribution in [0.2, 0.25) is 0 Å². The summed E-state index contributed by atoms with van der Waals surface area (Å²) in [5.41, 5.74) is 7.32. The van der Waals surface area contributed by atoms with E-state index in [1.54, 1.807) is 12.1 Å². The van der Waals surface area contributed by atoms with Crippen LogP contribution in [0.5, 0.6) is 5.88 Å². The van der Waals surface area contributed by atoms with Gasteiger partial charge in [0.15, 0.2) is 0 Å². The van der Waals surface area contributed by atoms with E-state index in [1.165, 1.54) is 18.2 Å². The summed E-state index contributed by atoms with van der Waals surface area (Å²) in [6.07, 6.45) is 0.342. The quantitative estimate of drug-likeness (QED) is 0.898. The molecule has 0 saturated carbocycles. The van der Waals surface area contributed by atoms with Gasteiger partial charge in [-0.15, -0.1) is 0 Å². The molecule has 0 spiro atoms. The summed E-state index contributed by atoms with van der Waals surface area (Å²) in [6, 6.07) is 7.27. The first kappa shape index (κ1) is 17.2. The van der Waals surface area contributed by atoms with Crippen molar-refractivity contribution < 1.29 is 27.4 Å². The van der Waals surface area contributed by atoms with Crippen LogP contribution in [-0.4, -0.2) is 30.2 Å². The van der Waals surface area contributed by atoms with Gasteiger partial charge in [0.25, 0.3) is 5.91 Å². The highest BCUT2D eigenvalue weighted by Gasteiger charge is 2.26. The lowest BCUT2D eigenvalue weighted by Crippen LogP contribution is -2.30. The van der Waals surface area contributed by atoms with E-state index in [-0.39, 0.29) is 24.0 Å². The molecule has 2 aromatic rings. The number of hydrogen-bond donors (Lipinski definition) is 1. The zero-order valence-corrected chi connectivity index (χ0v) is 13.0. The van der Waals surface area contributed by atoms with E-state index < -0.39 is 18.6 Å². The van der Waals surface area contributed by atoms with Crippen LogP contribution in [0, 0.1) is 5.82 Å². The highest BCUT2D eigenvalue weighted by Crippen LogP contribution is 2.35. The van der Waals surface area contributed by atoms with E-state index in [0.29, 0.717) is 29.5 Å². The maximum Gasteiger partial charge on any atom is 0.345 e. The molecule has 0 aliphatic carbocycles. The number of nitrogens with zero attached hydrogens (tertiary/aromatic N) is 1. The van der Waals surface area contributed by atoms with Crippen LogP contribution in [0.25, 0.3) is 11.1 Å². The number of aromatic nitrogens is 1. The van der Waals surface area contributed by atoms with Crippen molar-refractivity contribution in [3.8, 4) is 17.0 Å². The van der Waals surface area contributed by atoms with Crippen LogP contribution < -0.4 is 10.5 Å². The molecule has 0 fully saturated rings. The first-order valence-electron chi connectivity index (χ1n) is 7.60. The summed E-state index contributed by atoms with van der Waals surface area (Å²) in [4.78, 5) is 15.6. The zero-order chi connectivity index (χ0) is 18.0. The Morgan fingerprint density at radius 2 is 2.08 bits per heavy atom. The highest BCUT2D eigenvalue weighted by atomic mass is 19.3. The van der Waals surface area contributed by atoms with Crippen molar-refractivity contribution in [3.05, 3.63) is 47.4 Å². The van der Waals surface area contributed by atoms with Crippen LogP contribution in [0.15, 0.2) is 30.3 Å². The fourth-order valence-corrected chi connectivity index (χ4v) is 2.72. The Morgan fingerprint density at radius 1 is 1.36 bits per heavy atom. The normalized spacial score (nSPS) is 16.4. The molecule has 0 saturated heterocycles. The van der Waals surface area contributed by atoms with Crippen molar-refractivity contribution in [1.29, 1.82) is 0 Å². The van der Waals surface area contributed by atoms with E-state index in [1.807, 2.05) is 0 Å². The molecule has 25 heavy (non-hydrogen) atoms. The third-order valence-corrected chi connectivity index (χ3v) is 3.90. The molecular formula is C17H15F3N2O3. The van der Waals surface area contributed by atoms with Crippen LogP contribution in [0.4, 0.5) is 13.2 Å². The first-order valence-corrected chi connectivity index (χ1v) is 7.60. The van der Waals surface area contributed by atoms with Crippen molar-refractivity contribution in [3.63, 3.8) is 0 Å². The zero-order valence-electron chi connectivity index (χ0n) is 13.0. The molecule has 2 heterocycles. The number of carbonyl (C=O) groups excluding carboxylic acids is 1. The van der Waals surface area contributed by atoms with E-state index in [0.717, 1.165) is 0 Å². The number of amides is 1. The molecule has 1 aliphatic heterocycles.